The summed E-state index contributed by atoms with van der Waals surface area (Å²) in [6.07, 6.45) is 1.90. The van der Waals surface area contributed by atoms with Gasteiger partial charge in [0.25, 0.3) is 0 Å². The zero-order valence-electron chi connectivity index (χ0n) is 9.30. The molecule has 0 N–H and O–H groups in total. The highest BCUT2D eigenvalue weighted by Gasteiger charge is 2.35. The third-order valence-electron chi connectivity index (χ3n) is 2.39. The smallest absolute Gasteiger partial charge is 0.355 e. The fourth-order valence-electron chi connectivity index (χ4n) is 1.50. The molecule has 0 aromatic heterocycles. The van der Waals surface area contributed by atoms with Gasteiger partial charge in [0, 0.05) is 0 Å². The molecule has 5 nitrogen and oxygen atoms in total. The van der Waals surface area contributed by atoms with Crippen LogP contribution in [0.25, 0.3) is 0 Å². The van der Waals surface area contributed by atoms with Crippen molar-refractivity contribution in [1.82, 2.24) is 0 Å². The fraction of sp³-hybridized carbons (Fsp3) is 0.364. The van der Waals surface area contributed by atoms with Crippen LogP contribution in [0.3, 0.4) is 0 Å². The van der Waals surface area contributed by atoms with Crippen LogP contribution in [0, 0.1) is 0 Å². The molecule has 0 fully saturated rings. The van der Waals surface area contributed by atoms with Gasteiger partial charge in [-0.1, -0.05) is 13.3 Å². The second-order valence-corrected chi connectivity index (χ2v) is 5.20. The van der Waals surface area contributed by atoms with Crippen molar-refractivity contribution in [2.75, 3.05) is 6.61 Å². The first-order chi connectivity index (χ1) is 8.04. The Hall–Kier alpha value is -1.56. The Bertz CT molecular complexity index is 547. The van der Waals surface area contributed by atoms with Crippen molar-refractivity contribution in [2.24, 2.45) is 0 Å². The van der Waals surface area contributed by atoms with Crippen molar-refractivity contribution in [1.29, 1.82) is 0 Å². The molecular formula is C11H12O5S. The van der Waals surface area contributed by atoms with E-state index in [0.717, 1.165) is 12.8 Å². The lowest BCUT2D eigenvalue weighted by atomic mass is 10.2. The molecule has 1 aliphatic heterocycles. The second kappa shape index (κ2) is 4.37. The maximum Gasteiger partial charge on any atom is 0.355 e. The normalized spacial score (nSPS) is 16.4. The molecule has 0 bridgehead atoms. The molecule has 0 saturated heterocycles. The summed E-state index contributed by atoms with van der Waals surface area (Å²) in [4.78, 5) is 11.2. The molecule has 92 valence electrons. The summed E-state index contributed by atoms with van der Waals surface area (Å²) in [5.41, 5.74) is 0.0407. The molecule has 6 heteroatoms. The zero-order chi connectivity index (χ0) is 12.5. The summed E-state index contributed by atoms with van der Waals surface area (Å²) < 4.78 is 32.4. The number of carbonyl (C=O) groups excluding carboxylic acids is 1. The van der Waals surface area contributed by atoms with E-state index in [0.29, 0.717) is 12.4 Å². The van der Waals surface area contributed by atoms with Gasteiger partial charge in [-0.05, 0) is 24.6 Å². The number of ether oxygens (including phenoxy) is 1. The molecule has 0 radical (unpaired) electrons. The van der Waals surface area contributed by atoms with Gasteiger partial charge in [-0.15, -0.1) is 0 Å². The summed E-state index contributed by atoms with van der Waals surface area (Å²) in [5.74, 6) is -0.368. The third kappa shape index (κ3) is 2.26. The van der Waals surface area contributed by atoms with E-state index in [2.05, 4.69) is 4.18 Å². The molecule has 1 aromatic carbocycles. The SMILES string of the molecule is CCCCOc1ccc2c(c1)C(=O)OS2(=O)=O. The summed E-state index contributed by atoms with van der Waals surface area (Å²) >= 11 is 0. The quantitative estimate of drug-likeness (QED) is 0.606. The van der Waals surface area contributed by atoms with E-state index in [9.17, 15) is 13.2 Å². The maximum absolute atomic E-state index is 11.4. The Morgan fingerprint density at radius 1 is 1.35 bits per heavy atom. The van der Waals surface area contributed by atoms with E-state index < -0.39 is 16.1 Å². The minimum Gasteiger partial charge on any atom is -0.494 e. The molecule has 0 atom stereocenters. The molecule has 0 amide bonds. The predicted molar refractivity (Wildman–Crippen MR) is 59.4 cm³/mol. The maximum atomic E-state index is 11.4. The van der Waals surface area contributed by atoms with Crippen LogP contribution >= 0.6 is 0 Å². The van der Waals surface area contributed by atoms with Crippen LogP contribution in [-0.2, 0) is 14.3 Å². The summed E-state index contributed by atoms with van der Waals surface area (Å²) in [5, 5.41) is 0. The van der Waals surface area contributed by atoms with Crippen LogP contribution in [-0.4, -0.2) is 21.0 Å². The van der Waals surface area contributed by atoms with E-state index in [-0.39, 0.29) is 10.5 Å². The van der Waals surface area contributed by atoms with Gasteiger partial charge in [0.1, 0.15) is 10.6 Å². The average Bonchev–Trinajstić information content (AvgIpc) is 2.50. The predicted octanol–water partition coefficient (Wildman–Crippen LogP) is 1.72. The minimum atomic E-state index is -3.90. The molecule has 2 rings (SSSR count). The van der Waals surface area contributed by atoms with Crippen molar-refractivity contribution in [3.05, 3.63) is 23.8 Å². The Labute approximate surface area is 99.5 Å². The van der Waals surface area contributed by atoms with Gasteiger partial charge >= 0.3 is 16.1 Å². The first kappa shape index (κ1) is 11.9. The molecule has 0 saturated carbocycles. The van der Waals surface area contributed by atoms with Crippen LogP contribution in [0.2, 0.25) is 0 Å². The number of benzene rings is 1. The molecule has 1 heterocycles. The van der Waals surface area contributed by atoms with Gasteiger partial charge in [0.15, 0.2) is 0 Å². The molecule has 17 heavy (non-hydrogen) atoms. The van der Waals surface area contributed by atoms with E-state index in [1.165, 1.54) is 18.2 Å². The lowest BCUT2D eigenvalue weighted by Gasteiger charge is -2.05. The van der Waals surface area contributed by atoms with E-state index in [1.807, 2.05) is 6.92 Å². The molecular weight excluding hydrogens is 244 g/mol. The van der Waals surface area contributed by atoms with Gasteiger partial charge in [0.05, 0.1) is 12.2 Å². The van der Waals surface area contributed by atoms with Crippen LogP contribution < -0.4 is 4.74 Å². The van der Waals surface area contributed by atoms with Crippen molar-refractivity contribution in [3.63, 3.8) is 0 Å². The van der Waals surface area contributed by atoms with Crippen LogP contribution in [0.1, 0.15) is 30.1 Å². The van der Waals surface area contributed by atoms with Gasteiger partial charge < -0.3 is 8.92 Å². The Morgan fingerprint density at radius 2 is 2.12 bits per heavy atom. The number of fused-ring (bicyclic) bond motifs is 1. The number of hydrogen-bond donors (Lipinski definition) is 0. The highest BCUT2D eigenvalue weighted by atomic mass is 32.2. The van der Waals surface area contributed by atoms with Gasteiger partial charge in [-0.25, -0.2) is 4.79 Å². The van der Waals surface area contributed by atoms with Gasteiger partial charge in [-0.3, -0.25) is 0 Å². The van der Waals surface area contributed by atoms with Gasteiger partial charge in [0.2, 0.25) is 0 Å². The van der Waals surface area contributed by atoms with Crippen LogP contribution in [0.15, 0.2) is 23.1 Å². The van der Waals surface area contributed by atoms with Gasteiger partial charge in [-0.2, -0.15) is 8.42 Å². The molecule has 0 unspecified atom stereocenters. The molecule has 1 aromatic rings. The van der Waals surface area contributed by atoms with Crippen molar-refractivity contribution in [3.8, 4) is 5.75 Å². The molecule has 0 spiro atoms. The third-order valence-corrected chi connectivity index (χ3v) is 3.66. The lowest BCUT2D eigenvalue weighted by molar-refractivity contribution is 0.0762. The van der Waals surface area contributed by atoms with Crippen molar-refractivity contribution >= 4 is 16.1 Å². The van der Waals surface area contributed by atoms with E-state index in [4.69, 9.17) is 4.74 Å². The largest absolute Gasteiger partial charge is 0.494 e. The fourth-order valence-corrected chi connectivity index (χ4v) is 2.53. The van der Waals surface area contributed by atoms with E-state index >= 15 is 0 Å². The minimum absolute atomic E-state index is 0.0407. The Balaban J connectivity index is 2.27. The van der Waals surface area contributed by atoms with E-state index in [1.54, 1.807) is 0 Å². The molecule has 1 aliphatic rings. The van der Waals surface area contributed by atoms with Crippen LogP contribution in [0.4, 0.5) is 0 Å². The Morgan fingerprint density at radius 3 is 2.82 bits per heavy atom. The van der Waals surface area contributed by atoms with Crippen molar-refractivity contribution < 1.29 is 22.1 Å². The Kier molecular flexibility index (Phi) is 3.06. The zero-order valence-corrected chi connectivity index (χ0v) is 10.1. The highest BCUT2D eigenvalue weighted by molar-refractivity contribution is 7.87. The lowest BCUT2D eigenvalue weighted by Crippen LogP contribution is -1.99. The first-order valence-corrected chi connectivity index (χ1v) is 6.71. The highest BCUT2D eigenvalue weighted by Crippen LogP contribution is 2.30. The number of carbonyl (C=O) groups is 1. The average molecular weight is 256 g/mol. The topological polar surface area (TPSA) is 69.7 Å². The van der Waals surface area contributed by atoms with Crippen LogP contribution in [0.5, 0.6) is 5.75 Å². The summed E-state index contributed by atoms with van der Waals surface area (Å²) in [6.45, 7) is 2.58. The number of rotatable bonds is 4. The monoisotopic (exact) mass is 256 g/mol. The van der Waals surface area contributed by atoms with Crippen molar-refractivity contribution in [2.45, 2.75) is 24.7 Å². The summed E-state index contributed by atoms with van der Waals surface area (Å²) in [7, 11) is -3.90. The standard InChI is InChI=1S/C11H12O5S/c1-2-3-6-15-8-4-5-10-9(7-8)11(12)16-17(10,13)14/h4-5,7H,2-3,6H2,1H3. The number of hydrogen-bond acceptors (Lipinski definition) is 5. The number of unbranched alkanes of at least 4 members (excludes halogenated alkanes) is 1. The second-order valence-electron chi connectivity index (χ2n) is 3.68. The molecule has 0 aliphatic carbocycles. The summed E-state index contributed by atoms with van der Waals surface area (Å²) in [6, 6.07) is 4.25. The first-order valence-electron chi connectivity index (χ1n) is 5.30.